The molecular formula is C20H23N5O2S2. The Balaban J connectivity index is 1.52. The van der Waals surface area contributed by atoms with Crippen LogP contribution in [-0.2, 0) is 24.3 Å². The number of amides is 2. The van der Waals surface area contributed by atoms with Gasteiger partial charge in [0.15, 0.2) is 10.6 Å². The summed E-state index contributed by atoms with van der Waals surface area (Å²) in [5.74, 6) is 0.369. The lowest BCUT2D eigenvalue weighted by molar-refractivity contribution is -0.116. The highest BCUT2D eigenvalue weighted by atomic mass is 32.1. The molecule has 0 aliphatic heterocycles. The Morgan fingerprint density at radius 3 is 2.90 bits per heavy atom. The molecule has 2 aromatic heterocycles. The lowest BCUT2D eigenvalue weighted by Gasteiger charge is -2.09. The van der Waals surface area contributed by atoms with Crippen molar-refractivity contribution < 1.29 is 9.59 Å². The quantitative estimate of drug-likeness (QED) is 0.450. The molecule has 0 radical (unpaired) electrons. The number of anilines is 1. The van der Waals surface area contributed by atoms with Gasteiger partial charge >= 0.3 is 0 Å². The zero-order valence-corrected chi connectivity index (χ0v) is 17.7. The number of H-pyrrole nitrogens is 1. The predicted molar refractivity (Wildman–Crippen MR) is 117 cm³/mol. The van der Waals surface area contributed by atoms with Gasteiger partial charge in [-0.1, -0.05) is 12.1 Å². The fraction of sp³-hybridized carbons (Fsp3) is 0.300. The van der Waals surface area contributed by atoms with Gasteiger partial charge in [0, 0.05) is 29.1 Å². The second-order valence-electron chi connectivity index (χ2n) is 6.43. The van der Waals surface area contributed by atoms with E-state index in [1.807, 2.05) is 22.9 Å². The first-order valence-electron chi connectivity index (χ1n) is 9.41. The van der Waals surface area contributed by atoms with E-state index in [1.165, 1.54) is 4.88 Å². The fourth-order valence-electron chi connectivity index (χ4n) is 2.91. The number of nitrogens with zero attached hydrogens (tertiary/aromatic N) is 2. The number of carbonyl (C=O) groups excluding carboxylic acids is 2. The molecule has 1 aromatic carbocycles. The Kier molecular flexibility index (Phi) is 7.31. The van der Waals surface area contributed by atoms with Gasteiger partial charge in [0.2, 0.25) is 5.91 Å². The molecule has 3 N–H and O–H groups in total. The van der Waals surface area contributed by atoms with Crippen molar-refractivity contribution in [2.24, 2.45) is 0 Å². The van der Waals surface area contributed by atoms with Gasteiger partial charge in [-0.3, -0.25) is 14.7 Å². The van der Waals surface area contributed by atoms with E-state index in [0.717, 1.165) is 12.8 Å². The maximum Gasteiger partial charge on any atom is 0.251 e. The summed E-state index contributed by atoms with van der Waals surface area (Å²) in [6.45, 7) is 2.90. The van der Waals surface area contributed by atoms with Gasteiger partial charge in [0.1, 0.15) is 0 Å². The van der Waals surface area contributed by atoms with Gasteiger partial charge in [-0.05, 0) is 61.6 Å². The van der Waals surface area contributed by atoms with Crippen LogP contribution in [-0.4, -0.2) is 26.6 Å². The van der Waals surface area contributed by atoms with E-state index in [0.29, 0.717) is 34.8 Å². The Morgan fingerprint density at radius 2 is 2.14 bits per heavy atom. The van der Waals surface area contributed by atoms with Crippen molar-refractivity contribution in [2.45, 2.75) is 39.3 Å². The van der Waals surface area contributed by atoms with E-state index in [2.05, 4.69) is 26.9 Å². The Morgan fingerprint density at radius 1 is 1.28 bits per heavy atom. The number of rotatable bonds is 9. The van der Waals surface area contributed by atoms with Crippen LogP contribution in [0.2, 0.25) is 0 Å². The number of benzene rings is 1. The molecule has 2 heterocycles. The van der Waals surface area contributed by atoms with E-state index in [9.17, 15) is 9.59 Å². The van der Waals surface area contributed by atoms with Crippen molar-refractivity contribution in [1.82, 2.24) is 20.1 Å². The van der Waals surface area contributed by atoms with Crippen LogP contribution in [0.15, 0.2) is 41.8 Å². The van der Waals surface area contributed by atoms with Crippen molar-refractivity contribution in [1.29, 1.82) is 0 Å². The highest BCUT2D eigenvalue weighted by Crippen LogP contribution is 2.14. The summed E-state index contributed by atoms with van der Waals surface area (Å²) in [7, 11) is 0. The van der Waals surface area contributed by atoms with Crippen LogP contribution in [0, 0.1) is 4.77 Å². The van der Waals surface area contributed by atoms with Gasteiger partial charge in [-0.2, -0.15) is 5.10 Å². The normalized spacial score (nSPS) is 10.7. The molecule has 0 bridgehead atoms. The van der Waals surface area contributed by atoms with E-state index in [4.69, 9.17) is 12.2 Å². The van der Waals surface area contributed by atoms with Crippen molar-refractivity contribution in [3.05, 3.63) is 62.8 Å². The lowest BCUT2D eigenvalue weighted by Crippen LogP contribution is -2.25. The molecule has 0 unspecified atom stereocenters. The number of carbonyl (C=O) groups is 2. The Labute approximate surface area is 178 Å². The van der Waals surface area contributed by atoms with Crippen molar-refractivity contribution in [3.63, 3.8) is 0 Å². The zero-order valence-electron chi connectivity index (χ0n) is 16.1. The highest BCUT2D eigenvalue weighted by molar-refractivity contribution is 7.71. The van der Waals surface area contributed by atoms with Crippen molar-refractivity contribution >= 4 is 41.1 Å². The number of hydrogen-bond donors (Lipinski definition) is 3. The molecule has 2 amide bonds. The van der Waals surface area contributed by atoms with Crippen LogP contribution in [0.4, 0.5) is 5.69 Å². The standard InChI is InChI=1S/C20H23N5O2S2/c1-2-25-17(23-24-20(25)28)13-21-19(27)14-6-3-7-15(12-14)22-18(26)10-4-8-16-9-5-11-29-16/h3,5-7,9,11-12H,2,4,8,10,13H2,1H3,(H,21,27)(H,22,26)(H,24,28). The van der Waals surface area contributed by atoms with Crippen LogP contribution in [0.25, 0.3) is 0 Å². The van der Waals surface area contributed by atoms with Gasteiger partial charge in [-0.25, -0.2) is 0 Å². The Bertz CT molecular complexity index is 1020. The monoisotopic (exact) mass is 429 g/mol. The molecule has 152 valence electrons. The van der Waals surface area contributed by atoms with E-state index < -0.39 is 0 Å². The number of aromatic amines is 1. The second-order valence-corrected chi connectivity index (χ2v) is 7.85. The van der Waals surface area contributed by atoms with Crippen LogP contribution in [0.3, 0.4) is 0 Å². The number of aryl methyl sites for hydroxylation is 1. The fourth-order valence-corrected chi connectivity index (χ4v) is 3.94. The maximum atomic E-state index is 12.5. The summed E-state index contributed by atoms with van der Waals surface area (Å²) in [6.07, 6.45) is 2.12. The van der Waals surface area contributed by atoms with Gasteiger partial charge in [0.05, 0.1) is 6.54 Å². The van der Waals surface area contributed by atoms with Crippen LogP contribution in [0.5, 0.6) is 0 Å². The summed E-state index contributed by atoms with van der Waals surface area (Å²) in [5, 5.41) is 14.6. The third-order valence-corrected chi connectivity index (χ3v) is 5.62. The minimum Gasteiger partial charge on any atom is -0.345 e. The molecule has 3 rings (SSSR count). The molecular weight excluding hydrogens is 406 g/mol. The second kappa shape index (κ2) is 10.1. The molecule has 7 nitrogen and oxygen atoms in total. The smallest absolute Gasteiger partial charge is 0.251 e. The molecule has 0 fully saturated rings. The number of hydrogen-bond acceptors (Lipinski definition) is 5. The molecule has 9 heteroatoms. The zero-order chi connectivity index (χ0) is 20.6. The lowest BCUT2D eigenvalue weighted by atomic mass is 10.1. The highest BCUT2D eigenvalue weighted by Gasteiger charge is 2.10. The molecule has 3 aromatic rings. The minimum atomic E-state index is -0.240. The van der Waals surface area contributed by atoms with E-state index in [-0.39, 0.29) is 18.4 Å². The average Bonchev–Trinajstić information content (AvgIpc) is 3.35. The first-order chi connectivity index (χ1) is 14.1. The van der Waals surface area contributed by atoms with Crippen LogP contribution in [0.1, 0.15) is 40.8 Å². The maximum absolute atomic E-state index is 12.5. The molecule has 0 saturated carbocycles. The van der Waals surface area contributed by atoms with Crippen LogP contribution >= 0.6 is 23.6 Å². The third-order valence-electron chi connectivity index (χ3n) is 4.38. The van der Waals surface area contributed by atoms with Crippen molar-refractivity contribution in [3.8, 4) is 0 Å². The first kappa shape index (κ1) is 20.9. The number of aromatic nitrogens is 3. The summed E-state index contributed by atoms with van der Waals surface area (Å²) in [6, 6.07) is 11.0. The van der Waals surface area contributed by atoms with Gasteiger partial charge < -0.3 is 15.2 Å². The topological polar surface area (TPSA) is 91.8 Å². The summed E-state index contributed by atoms with van der Waals surface area (Å²) >= 11 is 6.85. The number of nitrogens with one attached hydrogen (secondary N) is 3. The summed E-state index contributed by atoms with van der Waals surface area (Å²) < 4.78 is 2.35. The molecule has 0 saturated heterocycles. The average molecular weight is 430 g/mol. The molecule has 0 atom stereocenters. The molecule has 0 aliphatic rings. The van der Waals surface area contributed by atoms with E-state index >= 15 is 0 Å². The molecule has 0 aliphatic carbocycles. The largest absolute Gasteiger partial charge is 0.345 e. The van der Waals surface area contributed by atoms with E-state index in [1.54, 1.807) is 35.6 Å². The Hall–Kier alpha value is -2.78. The molecule has 29 heavy (non-hydrogen) atoms. The third kappa shape index (κ3) is 5.85. The van der Waals surface area contributed by atoms with Gasteiger partial charge in [-0.15, -0.1) is 11.3 Å². The number of thiophene rings is 1. The van der Waals surface area contributed by atoms with Crippen molar-refractivity contribution in [2.75, 3.05) is 5.32 Å². The first-order valence-corrected chi connectivity index (χ1v) is 10.7. The minimum absolute atomic E-state index is 0.0578. The summed E-state index contributed by atoms with van der Waals surface area (Å²) in [5.41, 5.74) is 1.08. The molecule has 0 spiro atoms. The predicted octanol–water partition coefficient (Wildman–Crippen LogP) is 3.91. The van der Waals surface area contributed by atoms with Gasteiger partial charge in [0.25, 0.3) is 5.91 Å². The van der Waals surface area contributed by atoms with Crippen LogP contribution < -0.4 is 10.6 Å². The SMILES string of the molecule is CCn1c(CNC(=O)c2cccc(NC(=O)CCCc3cccs3)c2)n[nH]c1=S. The summed E-state index contributed by atoms with van der Waals surface area (Å²) in [4.78, 5) is 25.9.